The number of nitrogen functional groups attached to an aromatic ring is 1. The molecule has 0 unspecified atom stereocenters. The van der Waals surface area contributed by atoms with E-state index in [-0.39, 0.29) is 23.6 Å². The highest BCUT2D eigenvalue weighted by atomic mass is 19.1. The summed E-state index contributed by atoms with van der Waals surface area (Å²) in [4.78, 5) is 21.0. The van der Waals surface area contributed by atoms with Crippen LogP contribution in [-0.2, 0) is 11.2 Å². The molecule has 1 aliphatic heterocycles. The molecule has 0 spiro atoms. The molecule has 0 saturated carbocycles. The Labute approximate surface area is 198 Å². The van der Waals surface area contributed by atoms with Crippen LogP contribution in [0.2, 0.25) is 0 Å². The van der Waals surface area contributed by atoms with Crippen molar-refractivity contribution in [3.63, 3.8) is 0 Å². The molecular weight excluding hydrogens is 463 g/mol. The van der Waals surface area contributed by atoms with Crippen LogP contribution in [0.4, 0.5) is 18.9 Å². The highest BCUT2D eigenvalue weighted by molar-refractivity contribution is 6.01. The summed E-state index contributed by atoms with van der Waals surface area (Å²) in [5.41, 5.74) is 4.47. The number of anilines is 1. The lowest BCUT2D eigenvalue weighted by molar-refractivity contribution is -0.0339. The van der Waals surface area contributed by atoms with Crippen LogP contribution in [0.5, 0.6) is 0 Å². The highest BCUT2D eigenvalue weighted by Crippen LogP contribution is 2.31. The average molecular weight is 483 g/mol. The highest BCUT2D eigenvalue weighted by Gasteiger charge is 2.32. The van der Waals surface area contributed by atoms with Gasteiger partial charge in [0.25, 0.3) is 0 Å². The summed E-state index contributed by atoms with van der Waals surface area (Å²) in [6.45, 7) is 3.57. The van der Waals surface area contributed by atoms with Crippen LogP contribution in [0.3, 0.4) is 0 Å². The summed E-state index contributed by atoms with van der Waals surface area (Å²) < 4.78 is 48.7. The van der Waals surface area contributed by atoms with Gasteiger partial charge in [-0.1, -0.05) is 12.6 Å². The fourth-order valence-electron chi connectivity index (χ4n) is 3.74. The number of pyridine rings is 2. The molecule has 2 aromatic heterocycles. The van der Waals surface area contributed by atoms with E-state index in [0.29, 0.717) is 11.1 Å². The molecule has 3 atom stereocenters. The fourth-order valence-corrected chi connectivity index (χ4v) is 3.74. The minimum Gasteiger partial charge on any atom is -0.483 e. The molecule has 35 heavy (non-hydrogen) atoms. The van der Waals surface area contributed by atoms with Gasteiger partial charge in [0.2, 0.25) is 0 Å². The van der Waals surface area contributed by atoms with Gasteiger partial charge in [0.05, 0.1) is 11.3 Å². The summed E-state index contributed by atoms with van der Waals surface area (Å²) in [5.74, 6) is -3.67. The molecule has 0 bridgehead atoms. The first-order chi connectivity index (χ1) is 16.7. The molecule has 7 nitrogen and oxygen atoms in total. The lowest BCUT2D eigenvalue weighted by Crippen LogP contribution is -2.40. The number of nitrogens with zero attached hydrogens (tertiary/aromatic N) is 2. The third-order valence-corrected chi connectivity index (χ3v) is 5.49. The van der Waals surface area contributed by atoms with Crippen molar-refractivity contribution in [3.05, 3.63) is 95.7 Å². The van der Waals surface area contributed by atoms with E-state index >= 15 is 0 Å². The number of aromatic nitrogens is 2. The molecule has 1 aliphatic rings. The Bertz CT molecular complexity index is 1330. The van der Waals surface area contributed by atoms with Crippen LogP contribution in [0, 0.1) is 17.5 Å². The van der Waals surface area contributed by atoms with E-state index in [4.69, 9.17) is 10.5 Å². The van der Waals surface area contributed by atoms with Crippen LogP contribution in [0.25, 0.3) is 17.0 Å². The maximum Gasteiger partial charge on any atom is 0.187 e. The summed E-state index contributed by atoms with van der Waals surface area (Å²) in [6, 6.07) is 5.33. The number of rotatable bonds is 6. The largest absolute Gasteiger partial charge is 0.483 e. The second-order valence-electron chi connectivity index (χ2n) is 7.82. The maximum atomic E-state index is 14.5. The van der Waals surface area contributed by atoms with Gasteiger partial charge in [-0.25, -0.2) is 18.2 Å². The van der Waals surface area contributed by atoms with E-state index in [9.17, 15) is 28.2 Å². The molecule has 1 aromatic carbocycles. The fraction of sp³-hybridized carbons (Fsp3) is 0.160. The molecule has 4 N–H and O–H groups in total. The van der Waals surface area contributed by atoms with Gasteiger partial charge in [0.15, 0.2) is 11.6 Å². The van der Waals surface area contributed by atoms with Crippen molar-refractivity contribution in [1.82, 2.24) is 9.97 Å². The molecular formula is C25H20F3N3O4. The first kappa shape index (κ1) is 24.1. The topological polar surface area (TPSA) is 119 Å². The zero-order valence-electron chi connectivity index (χ0n) is 18.2. The lowest BCUT2D eigenvalue weighted by atomic mass is 9.97. The van der Waals surface area contributed by atoms with Crippen molar-refractivity contribution in [3.8, 4) is 11.3 Å². The number of carbonyl (C=O) groups excluding carboxylic acids is 1. The van der Waals surface area contributed by atoms with E-state index in [1.807, 2.05) is 0 Å². The van der Waals surface area contributed by atoms with Gasteiger partial charge in [-0.15, -0.1) is 0 Å². The van der Waals surface area contributed by atoms with Crippen LogP contribution in [0.1, 0.15) is 21.6 Å². The van der Waals surface area contributed by atoms with Gasteiger partial charge in [-0.3, -0.25) is 9.78 Å². The minimum absolute atomic E-state index is 0.187. The van der Waals surface area contributed by atoms with Crippen molar-refractivity contribution >= 4 is 17.2 Å². The number of hydrogen-bond donors (Lipinski definition) is 3. The van der Waals surface area contributed by atoms with E-state index in [1.165, 1.54) is 24.5 Å². The summed E-state index contributed by atoms with van der Waals surface area (Å²) in [7, 11) is 0. The molecule has 0 radical (unpaired) electrons. The van der Waals surface area contributed by atoms with Crippen LogP contribution in [0.15, 0.2) is 61.5 Å². The number of benzene rings is 1. The van der Waals surface area contributed by atoms with Crippen LogP contribution < -0.4 is 5.73 Å². The number of aliphatic hydroxyl groups excluding tert-OH is 2. The van der Waals surface area contributed by atoms with Gasteiger partial charge in [0, 0.05) is 30.4 Å². The van der Waals surface area contributed by atoms with E-state index in [2.05, 4.69) is 16.5 Å². The predicted molar refractivity (Wildman–Crippen MR) is 121 cm³/mol. The van der Waals surface area contributed by atoms with Crippen molar-refractivity contribution in [2.75, 3.05) is 5.73 Å². The number of nitrogens with two attached hydrogens (primary N) is 1. The minimum atomic E-state index is -1.24. The summed E-state index contributed by atoms with van der Waals surface area (Å²) >= 11 is 0. The first-order valence-corrected chi connectivity index (χ1v) is 10.4. The summed E-state index contributed by atoms with van der Waals surface area (Å²) in [6.07, 6.45) is 1.76. The second-order valence-corrected chi connectivity index (χ2v) is 7.82. The van der Waals surface area contributed by atoms with E-state index in [0.717, 1.165) is 24.3 Å². The monoisotopic (exact) mass is 483 g/mol. The number of aliphatic hydroxyl groups is 2. The first-order valence-electron chi connectivity index (χ1n) is 10.4. The molecule has 0 aliphatic carbocycles. The number of ether oxygens (including phenoxy) is 1. The van der Waals surface area contributed by atoms with Gasteiger partial charge in [-0.05, 0) is 35.9 Å². The Morgan fingerprint density at radius 2 is 1.89 bits per heavy atom. The predicted octanol–water partition coefficient (Wildman–Crippen LogP) is 3.22. The average Bonchev–Trinajstić information content (AvgIpc) is 2.82. The SMILES string of the molecule is C=C[C@H]1OC(c2ccncc2CC(=O)c2nc(-c3c(F)cccc3F)c(F)cc2N)=C[C@@H](O)[C@@H]1O. The van der Waals surface area contributed by atoms with Crippen LogP contribution in [-0.4, -0.2) is 44.3 Å². The zero-order chi connectivity index (χ0) is 25.3. The Kier molecular flexibility index (Phi) is 6.68. The molecule has 0 saturated heterocycles. The van der Waals surface area contributed by atoms with Crippen molar-refractivity contribution in [1.29, 1.82) is 0 Å². The van der Waals surface area contributed by atoms with Gasteiger partial charge in [0.1, 0.15) is 47.1 Å². The van der Waals surface area contributed by atoms with Gasteiger partial charge >= 0.3 is 0 Å². The summed E-state index contributed by atoms with van der Waals surface area (Å²) in [5, 5.41) is 20.2. The smallest absolute Gasteiger partial charge is 0.187 e. The molecule has 4 rings (SSSR count). The maximum absolute atomic E-state index is 14.5. The van der Waals surface area contributed by atoms with E-state index in [1.54, 1.807) is 6.07 Å². The third-order valence-electron chi connectivity index (χ3n) is 5.49. The number of ketones is 1. The number of carbonyl (C=O) groups is 1. The Morgan fingerprint density at radius 3 is 2.57 bits per heavy atom. The Balaban J connectivity index is 1.71. The van der Waals surface area contributed by atoms with E-state index < -0.39 is 52.8 Å². The molecule has 180 valence electrons. The number of halogens is 3. The van der Waals surface area contributed by atoms with Gasteiger partial charge < -0.3 is 20.7 Å². The molecule has 3 aromatic rings. The molecule has 0 amide bonds. The Hall–Kier alpha value is -4.02. The second kappa shape index (κ2) is 9.69. The Morgan fingerprint density at radius 1 is 1.17 bits per heavy atom. The molecule has 10 heteroatoms. The van der Waals surface area contributed by atoms with Crippen molar-refractivity contribution in [2.24, 2.45) is 0 Å². The quantitative estimate of drug-likeness (QED) is 0.364. The standard InChI is InChI=1S/C25H20F3N3O4/c1-2-20-25(34)19(33)10-21(35-20)13-6-7-30-11-12(13)8-18(32)24-17(29)9-16(28)23(31-24)22-14(26)4-3-5-15(22)27/h2-7,9-11,19-20,25,33-34H,1,8,29H2/t19-,20-,25+/m1/s1. The van der Waals surface area contributed by atoms with Crippen LogP contribution >= 0.6 is 0 Å². The van der Waals surface area contributed by atoms with Gasteiger partial charge in [-0.2, -0.15) is 0 Å². The zero-order valence-corrected chi connectivity index (χ0v) is 18.2. The number of Topliss-reactive ketones (excluding diaryl/α,β-unsaturated/α-hetero) is 1. The van der Waals surface area contributed by atoms with Crippen molar-refractivity contribution < 1.29 is 32.9 Å². The lowest BCUT2D eigenvalue weighted by Gasteiger charge is -2.30. The number of hydrogen-bond acceptors (Lipinski definition) is 7. The van der Waals surface area contributed by atoms with Crippen molar-refractivity contribution in [2.45, 2.75) is 24.7 Å². The molecule has 0 fully saturated rings. The third kappa shape index (κ3) is 4.66. The molecule has 3 heterocycles. The normalized spacial score (nSPS) is 19.6.